The van der Waals surface area contributed by atoms with Gasteiger partial charge in [-0.3, -0.25) is 9.59 Å². The van der Waals surface area contributed by atoms with E-state index in [1.165, 1.54) is 23.1 Å². The van der Waals surface area contributed by atoms with E-state index in [1.54, 1.807) is 6.07 Å². The second-order valence-corrected chi connectivity index (χ2v) is 4.39. The SMILES string of the molecule is O=C(O)C1CN(C(=O)CCOc2cccc(F)c2)C1. The highest BCUT2D eigenvalue weighted by molar-refractivity contribution is 5.81. The van der Waals surface area contributed by atoms with Crippen molar-refractivity contribution in [2.75, 3.05) is 19.7 Å². The second-order valence-electron chi connectivity index (χ2n) is 4.39. The maximum atomic E-state index is 12.9. The van der Waals surface area contributed by atoms with Crippen LogP contribution in [0.2, 0.25) is 0 Å². The Bertz CT molecular complexity index is 485. The molecule has 1 amide bonds. The lowest BCUT2D eigenvalue weighted by molar-refractivity contribution is -0.152. The number of hydrogen-bond donors (Lipinski definition) is 1. The summed E-state index contributed by atoms with van der Waals surface area (Å²) in [6.45, 7) is 0.665. The number of likely N-dealkylation sites (tertiary alicyclic amines) is 1. The molecule has 1 aromatic carbocycles. The van der Waals surface area contributed by atoms with Crippen molar-refractivity contribution >= 4 is 11.9 Å². The van der Waals surface area contributed by atoms with Crippen molar-refractivity contribution in [3.8, 4) is 5.75 Å². The van der Waals surface area contributed by atoms with E-state index in [0.717, 1.165) is 0 Å². The van der Waals surface area contributed by atoms with Gasteiger partial charge in [0.1, 0.15) is 11.6 Å². The summed E-state index contributed by atoms with van der Waals surface area (Å²) < 4.78 is 18.1. The number of benzene rings is 1. The topological polar surface area (TPSA) is 66.8 Å². The van der Waals surface area contributed by atoms with Crippen LogP contribution in [0.1, 0.15) is 6.42 Å². The Kier molecular flexibility index (Phi) is 3.99. The zero-order valence-electron chi connectivity index (χ0n) is 10.2. The Morgan fingerprint density at radius 2 is 2.16 bits per heavy atom. The molecule has 0 aliphatic carbocycles. The number of hydrogen-bond acceptors (Lipinski definition) is 3. The molecular formula is C13H14FNO4. The summed E-state index contributed by atoms with van der Waals surface area (Å²) in [5, 5.41) is 8.69. The van der Waals surface area contributed by atoms with Gasteiger partial charge in [0.2, 0.25) is 5.91 Å². The smallest absolute Gasteiger partial charge is 0.310 e. The van der Waals surface area contributed by atoms with Crippen LogP contribution in [-0.4, -0.2) is 41.6 Å². The van der Waals surface area contributed by atoms with Gasteiger partial charge in [-0.2, -0.15) is 0 Å². The van der Waals surface area contributed by atoms with Gasteiger partial charge in [0.05, 0.1) is 18.9 Å². The lowest BCUT2D eigenvalue weighted by Gasteiger charge is -2.36. The number of carbonyl (C=O) groups excluding carboxylic acids is 1. The number of carbonyl (C=O) groups is 2. The zero-order chi connectivity index (χ0) is 13.8. The van der Waals surface area contributed by atoms with Gasteiger partial charge in [-0.05, 0) is 12.1 Å². The Morgan fingerprint density at radius 3 is 2.79 bits per heavy atom. The molecule has 0 unspecified atom stereocenters. The van der Waals surface area contributed by atoms with Gasteiger partial charge in [-0.1, -0.05) is 6.07 Å². The largest absolute Gasteiger partial charge is 0.493 e. The number of nitrogens with zero attached hydrogens (tertiary/aromatic N) is 1. The molecule has 2 rings (SSSR count). The summed E-state index contributed by atoms with van der Waals surface area (Å²) in [6.07, 6.45) is 0.156. The Hall–Kier alpha value is -2.11. The second kappa shape index (κ2) is 5.69. The minimum Gasteiger partial charge on any atom is -0.493 e. The van der Waals surface area contributed by atoms with Crippen LogP contribution < -0.4 is 4.74 Å². The van der Waals surface area contributed by atoms with Gasteiger partial charge in [0, 0.05) is 19.2 Å². The fourth-order valence-corrected chi connectivity index (χ4v) is 1.81. The minimum atomic E-state index is -0.875. The molecular weight excluding hydrogens is 253 g/mol. The number of halogens is 1. The van der Waals surface area contributed by atoms with Gasteiger partial charge in [-0.15, -0.1) is 0 Å². The van der Waals surface area contributed by atoms with E-state index < -0.39 is 17.7 Å². The highest BCUT2D eigenvalue weighted by Crippen LogP contribution is 2.17. The minimum absolute atomic E-state index is 0.145. The van der Waals surface area contributed by atoms with E-state index in [0.29, 0.717) is 5.75 Å². The standard InChI is InChI=1S/C13H14FNO4/c14-10-2-1-3-11(6-10)19-5-4-12(16)15-7-9(8-15)13(17)18/h1-3,6,9H,4-5,7-8H2,(H,17,18). The molecule has 1 heterocycles. The monoisotopic (exact) mass is 267 g/mol. The van der Waals surface area contributed by atoms with Gasteiger partial charge in [-0.25, -0.2) is 4.39 Å². The molecule has 1 saturated heterocycles. The molecule has 1 N–H and O–H groups in total. The molecule has 0 saturated carbocycles. The third kappa shape index (κ3) is 3.43. The van der Waals surface area contributed by atoms with Crippen LogP contribution in [0.25, 0.3) is 0 Å². The quantitative estimate of drug-likeness (QED) is 0.868. The molecule has 5 nitrogen and oxygen atoms in total. The number of aliphatic carboxylic acids is 1. The molecule has 1 aliphatic rings. The predicted molar refractivity (Wildman–Crippen MR) is 64.2 cm³/mol. The predicted octanol–water partition coefficient (Wildman–Crippen LogP) is 1.14. The van der Waals surface area contributed by atoms with E-state index in [2.05, 4.69) is 0 Å². The Morgan fingerprint density at radius 1 is 1.42 bits per heavy atom. The van der Waals surface area contributed by atoms with Crippen LogP contribution in [0.3, 0.4) is 0 Å². The summed E-state index contributed by atoms with van der Waals surface area (Å²) >= 11 is 0. The Balaban J connectivity index is 1.69. The fraction of sp³-hybridized carbons (Fsp3) is 0.385. The van der Waals surface area contributed by atoms with E-state index in [9.17, 15) is 14.0 Å². The lowest BCUT2D eigenvalue weighted by Crippen LogP contribution is -2.53. The maximum Gasteiger partial charge on any atom is 0.310 e. The molecule has 1 aliphatic heterocycles. The first-order valence-electron chi connectivity index (χ1n) is 5.95. The average molecular weight is 267 g/mol. The average Bonchev–Trinajstić information content (AvgIpc) is 2.26. The van der Waals surface area contributed by atoms with Gasteiger partial charge < -0.3 is 14.7 Å². The van der Waals surface area contributed by atoms with Gasteiger partial charge >= 0.3 is 5.97 Å². The van der Waals surface area contributed by atoms with E-state index in [4.69, 9.17) is 9.84 Å². The molecule has 102 valence electrons. The van der Waals surface area contributed by atoms with Crippen molar-refractivity contribution in [2.24, 2.45) is 5.92 Å². The van der Waals surface area contributed by atoms with Crippen LogP contribution in [-0.2, 0) is 9.59 Å². The first kappa shape index (κ1) is 13.3. The number of ether oxygens (including phenoxy) is 1. The van der Waals surface area contributed by atoms with Crippen LogP contribution in [0, 0.1) is 11.7 Å². The van der Waals surface area contributed by atoms with Crippen molar-refractivity contribution in [3.05, 3.63) is 30.1 Å². The van der Waals surface area contributed by atoms with Crippen LogP contribution >= 0.6 is 0 Å². The van der Waals surface area contributed by atoms with E-state index in [1.807, 2.05) is 0 Å². The van der Waals surface area contributed by atoms with Crippen molar-refractivity contribution in [2.45, 2.75) is 6.42 Å². The van der Waals surface area contributed by atoms with E-state index >= 15 is 0 Å². The number of amides is 1. The van der Waals surface area contributed by atoms with Gasteiger partial charge in [0.25, 0.3) is 0 Å². The third-order valence-corrected chi connectivity index (χ3v) is 2.96. The molecule has 1 aromatic rings. The molecule has 0 atom stereocenters. The molecule has 0 radical (unpaired) electrons. The van der Waals surface area contributed by atoms with Crippen molar-refractivity contribution in [1.82, 2.24) is 4.90 Å². The van der Waals surface area contributed by atoms with Crippen molar-refractivity contribution in [3.63, 3.8) is 0 Å². The maximum absolute atomic E-state index is 12.9. The first-order valence-corrected chi connectivity index (χ1v) is 5.95. The molecule has 19 heavy (non-hydrogen) atoms. The number of carboxylic acid groups (broad SMARTS) is 1. The van der Waals surface area contributed by atoms with Crippen LogP contribution in [0.5, 0.6) is 5.75 Å². The summed E-state index contributed by atoms with van der Waals surface area (Å²) in [5.74, 6) is -1.49. The molecule has 1 fully saturated rings. The number of rotatable bonds is 5. The summed E-state index contributed by atoms with van der Waals surface area (Å²) in [6, 6.07) is 5.69. The zero-order valence-corrected chi connectivity index (χ0v) is 10.2. The third-order valence-electron chi connectivity index (χ3n) is 2.96. The lowest BCUT2D eigenvalue weighted by atomic mass is 10.0. The highest BCUT2D eigenvalue weighted by Gasteiger charge is 2.35. The summed E-state index contributed by atoms with van der Waals surface area (Å²) in [7, 11) is 0. The normalized spacial score (nSPS) is 14.9. The summed E-state index contributed by atoms with van der Waals surface area (Å²) in [5.41, 5.74) is 0. The molecule has 0 spiro atoms. The van der Waals surface area contributed by atoms with Crippen LogP contribution in [0.4, 0.5) is 4.39 Å². The number of carboxylic acids is 1. The summed E-state index contributed by atoms with van der Waals surface area (Å²) in [4.78, 5) is 23.7. The van der Waals surface area contributed by atoms with Crippen molar-refractivity contribution < 1.29 is 23.8 Å². The van der Waals surface area contributed by atoms with Crippen molar-refractivity contribution in [1.29, 1.82) is 0 Å². The van der Waals surface area contributed by atoms with E-state index in [-0.39, 0.29) is 32.0 Å². The highest BCUT2D eigenvalue weighted by atomic mass is 19.1. The molecule has 0 aromatic heterocycles. The molecule has 6 heteroatoms. The van der Waals surface area contributed by atoms with Crippen LogP contribution in [0.15, 0.2) is 24.3 Å². The fourth-order valence-electron chi connectivity index (χ4n) is 1.81. The molecule has 0 bridgehead atoms. The first-order chi connectivity index (χ1) is 9.06. The van der Waals surface area contributed by atoms with Gasteiger partial charge in [0.15, 0.2) is 0 Å². The Labute approximate surface area is 109 Å².